The average Bonchev–Trinajstić information content (AvgIpc) is 2.61. The maximum absolute atomic E-state index is 11.7. The largest absolute Gasteiger partial charge is 0.373 e. The molecular weight excluding hydrogens is 180 g/mol. The zero-order valence-electron chi connectivity index (χ0n) is 8.25. The smallest absolute Gasteiger partial charge is 0.192 e. The van der Waals surface area contributed by atoms with Gasteiger partial charge in [-0.1, -0.05) is 0 Å². The van der Waals surface area contributed by atoms with Crippen molar-refractivity contribution >= 4 is 5.78 Å². The molecule has 0 aliphatic carbocycles. The van der Waals surface area contributed by atoms with Crippen LogP contribution in [0, 0.1) is 0 Å². The number of fused-ring (bicyclic) bond motifs is 1. The van der Waals surface area contributed by atoms with Gasteiger partial charge in [0, 0.05) is 12.2 Å². The summed E-state index contributed by atoms with van der Waals surface area (Å²) in [6, 6.07) is 3.84. The zero-order chi connectivity index (χ0) is 9.97. The molecule has 76 valence electrons. The molecule has 1 aromatic heterocycles. The van der Waals surface area contributed by atoms with E-state index in [9.17, 15) is 4.79 Å². The molecule has 0 spiro atoms. The predicted octanol–water partition coefficient (Wildman–Crippen LogP) is 0.420. The van der Waals surface area contributed by atoms with E-state index in [4.69, 9.17) is 4.74 Å². The molecule has 1 aliphatic heterocycles. The molecule has 14 heavy (non-hydrogen) atoms. The average molecular weight is 194 g/mol. The van der Waals surface area contributed by atoms with Crippen molar-refractivity contribution in [3.63, 3.8) is 0 Å². The van der Waals surface area contributed by atoms with E-state index >= 15 is 0 Å². The standard InChI is InChI=1S/C10H14N2O2/c1-11-6-10(13)9-3-2-8-7-14-5-4-12(8)9/h2-3,11H,4-7H2,1H3. The van der Waals surface area contributed by atoms with Crippen LogP contribution in [-0.4, -0.2) is 30.5 Å². The van der Waals surface area contributed by atoms with Gasteiger partial charge in [0.1, 0.15) is 0 Å². The lowest BCUT2D eigenvalue weighted by molar-refractivity contribution is 0.0814. The Morgan fingerprint density at radius 1 is 1.64 bits per heavy atom. The van der Waals surface area contributed by atoms with Gasteiger partial charge in [-0.15, -0.1) is 0 Å². The van der Waals surface area contributed by atoms with E-state index in [1.165, 1.54) is 0 Å². The van der Waals surface area contributed by atoms with Crippen LogP contribution in [0.3, 0.4) is 0 Å². The number of hydrogen-bond acceptors (Lipinski definition) is 3. The first-order valence-electron chi connectivity index (χ1n) is 4.77. The number of ketones is 1. The van der Waals surface area contributed by atoms with Gasteiger partial charge in [0.25, 0.3) is 0 Å². The topological polar surface area (TPSA) is 43.3 Å². The first-order chi connectivity index (χ1) is 6.83. The van der Waals surface area contributed by atoms with Crippen molar-refractivity contribution in [3.05, 3.63) is 23.5 Å². The van der Waals surface area contributed by atoms with Crippen LogP contribution in [0.2, 0.25) is 0 Å². The second-order valence-corrected chi connectivity index (χ2v) is 3.37. The number of hydrogen-bond donors (Lipinski definition) is 1. The number of likely N-dealkylation sites (N-methyl/N-ethyl adjacent to an activating group) is 1. The van der Waals surface area contributed by atoms with E-state index in [1.807, 2.05) is 16.7 Å². The normalized spacial score (nSPS) is 15.2. The molecule has 2 rings (SSSR count). The van der Waals surface area contributed by atoms with E-state index < -0.39 is 0 Å². The fourth-order valence-corrected chi connectivity index (χ4v) is 1.73. The van der Waals surface area contributed by atoms with Crippen LogP contribution in [0.15, 0.2) is 12.1 Å². The Kier molecular flexibility index (Phi) is 2.65. The van der Waals surface area contributed by atoms with E-state index in [0.717, 1.165) is 17.9 Å². The molecule has 1 aromatic rings. The third kappa shape index (κ3) is 1.58. The summed E-state index contributed by atoms with van der Waals surface area (Å²) in [4.78, 5) is 11.7. The first kappa shape index (κ1) is 9.43. The molecule has 0 atom stereocenters. The second-order valence-electron chi connectivity index (χ2n) is 3.37. The Hall–Kier alpha value is -1.13. The summed E-state index contributed by atoms with van der Waals surface area (Å²) in [6.07, 6.45) is 0. The second kappa shape index (κ2) is 3.94. The number of ether oxygens (including phenoxy) is 1. The summed E-state index contributed by atoms with van der Waals surface area (Å²) >= 11 is 0. The molecule has 1 N–H and O–H groups in total. The molecule has 0 radical (unpaired) electrons. The third-order valence-electron chi connectivity index (χ3n) is 2.40. The van der Waals surface area contributed by atoms with Gasteiger partial charge in [0.15, 0.2) is 5.78 Å². The molecule has 0 amide bonds. The van der Waals surface area contributed by atoms with Crippen molar-refractivity contribution in [1.82, 2.24) is 9.88 Å². The van der Waals surface area contributed by atoms with Crippen LogP contribution >= 0.6 is 0 Å². The van der Waals surface area contributed by atoms with Crippen LogP contribution in [0.1, 0.15) is 16.2 Å². The highest BCUT2D eigenvalue weighted by atomic mass is 16.5. The molecule has 4 nitrogen and oxygen atoms in total. The number of aromatic nitrogens is 1. The minimum Gasteiger partial charge on any atom is -0.373 e. The molecule has 0 bridgehead atoms. The Morgan fingerprint density at radius 3 is 3.29 bits per heavy atom. The van der Waals surface area contributed by atoms with Gasteiger partial charge in [0.2, 0.25) is 0 Å². The minimum atomic E-state index is 0.139. The van der Waals surface area contributed by atoms with Gasteiger partial charge in [-0.25, -0.2) is 0 Å². The summed E-state index contributed by atoms with van der Waals surface area (Å²) in [5.41, 5.74) is 1.88. The molecular formula is C10H14N2O2. The number of nitrogens with zero attached hydrogens (tertiary/aromatic N) is 1. The van der Waals surface area contributed by atoms with Crippen molar-refractivity contribution in [3.8, 4) is 0 Å². The Labute approximate surface area is 82.9 Å². The SMILES string of the molecule is CNCC(=O)c1ccc2n1CCOC2. The molecule has 0 saturated carbocycles. The number of nitrogens with one attached hydrogen (secondary N) is 1. The van der Waals surface area contributed by atoms with E-state index in [2.05, 4.69) is 5.32 Å². The number of rotatable bonds is 3. The monoisotopic (exact) mass is 194 g/mol. The van der Waals surface area contributed by atoms with E-state index in [1.54, 1.807) is 7.05 Å². The van der Waals surface area contributed by atoms with Crippen LogP contribution in [0.25, 0.3) is 0 Å². The number of carbonyl (C=O) groups is 1. The fourth-order valence-electron chi connectivity index (χ4n) is 1.73. The highest BCUT2D eigenvalue weighted by molar-refractivity contribution is 5.96. The summed E-state index contributed by atoms with van der Waals surface area (Å²) < 4.78 is 7.35. The quantitative estimate of drug-likeness (QED) is 0.709. The Balaban J connectivity index is 2.25. The van der Waals surface area contributed by atoms with Gasteiger partial charge >= 0.3 is 0 Å². The fraction of sp³-hybridized carbons (Fsp3) is 0.500. The minimum absolute atomic E-state index is 0.139. The maximum Gasteiger partial charge on any atom is 0.192 e. The third-order valence-corrected chi connectivity index (χ3v) is 2.40. The van der Waals surface area contributed by atoms with Crippen LogP contribution in [0.5, 0.6) is 0 Å². The number of Topliss-reactive ketones (excluding diaryl/α,β-unsaturated/α-hetero) is 1. The Morgan fingerprint density at radius 2 is 2.50 bits per heavy atom. The molecule has 0 fully saturated rings. The molecule has 2 heterocycles. The highest BCUT2D eigenvalue weighted by Gasteiger charge is 2.16. The van der Waals surface area contributed by atoms with Gasteiger partial charge in [-0.2, -0.15) is 0 Å². The van der Waals surface area contributed by atoms with Crippen molar-refractivity contribution in [2.75, 3.05) is 20.2 Å². The van der Waals surface area contributed by atoms with Gasteiger partial charge < -0.3 is 14.6 Å². The van der Waals surface area contributed by atoms with Crippen molar-refractivity contribution < 1.29 is 9.53 Å². The molecule has 4 heteroatoms. The van der Waals surface area contributed by atoms with Crippen LogP contribution in [-0.2, 0) is 17.9 Å². The molecule has 1 aliphatic rings. The van der Waals surface area contributed by atoms with E-state index in [0.29, 0.717) is 19.8 Å². The lowest BCUT2D eigenvalue weighted by atomic mass is 10.3. The zero-order valence-corrected chi connectivity index (χ0v) is 8.25. The predicted molar refractivity (Wildman–Crippen MR) is 52.3 cm³/mol. The van der Waals surface area contributed by atoms with Crippen LogP contribution in [0.4, 0.5) is 0 Å². The van der Waals surface area contributed by atoms with E-state index in [-0.39, 0.29) is 5.78 Å². The summed E-state index contributed by atoms with van der Waals surface area (Å²) in [7, 11) is 1.78. The Bertz CT molecular complexity index is 344. The van der Waals surface area contributed by atoms with Crippen molar-refractivity contribution in [1.29, 1.82) is 0 Å². The highest BCUT2D eigenvalue weighted by Crippen LogP contribution is 2.14. The number of carbonyl (C=O) groups excluding carboxylic acids is 1. The molecule has 0 aromatic carbocycles. The first-order valence-corrected chi connectivity index (χ1v) is 4.77. The van der Waals surface area contributed by atoms with Crippen molar-refractivity contribution in [2.45, 2.75) is 13.2 Å². The van der Waals surface area contributed by atoms with Crippen molar-refractivity contribution in [2.24, 2.45) is 0 Å². The maximum atomic E-state index is 11.7. The molecule has 0 unspecified atom stereocenters. The summed E-state index contributed by atoms with van der Waals surface area (Å²) in [5, 5.41) is 2.87. The van der Waals surface area contributed by atoms with Crippen LogP contribution < -0.4 is 5.32 Å². The summed E-state index contributed by atoms with van der Waals surface area (Å²) in [6.45, 7) is 2.49. The van der Waals surface area contributed by atoms with Gasteiger partial charge in [-0.05, 0) is 19.2 Å². The van der Waals surface area contributed by atoms with Gasteiger partial charge in [0.05, 0.1) is 25.5 Å². The summed E-state index contributed by atoms with van der Waals surface area (Å²) in [5.74, 6) is 0.139. The molecule has 0 saturated heterocycles. The lowest BCUT2D eigenvalue weighted by Crippen LogP contribution is -2.24. The van der Waals surface area contributed by atoms with Gasteiger partial charge in [-0.3, -0.25) is 4.79 Å². The lowest BCUT2D eigenvalue weighted by Gasteiger charge is -2.17.